The van der Waals surface area contributed by atoms with Crippen molar-refractivity contribution in [2.45, 2.75) is 55.9 Å². The highest BCUT2D eigenvalue weighted by atomic mass is 32.2. The molecule has 1 aliphatic carbocycles. The fraction of sp³-hybridized carbons (Fsp3) is 0.552. The molecule has 6 rings (SSSR count). The normalized spacial score (nSPS) is 21.8. The molecule has 12 heteroatoms. The number of anilines is 2. The van der Waals surface area contributed by atoms with Crippen molar-refractivity contribution < 1.29 is 17.9 Å². The van der Waals surface area contributed by atoms with E-state index in [1.165, 1.54) is 28.5 Å². The third-order valence-corrected chi connectivity index (χ3v) is 11.2. The average molecular weight is 599 g/mol. The molecule has 0 unspecified atom stereocenters. The van der Waals surface area contributed by atoms with E-state index in [-0.39, 0.29) is 16.8 Å². The quantitative estimate of drug-likeness (QED) is 0.402. The fourth-order valence-electron chi connectivity index (χ4n) is 6.13. The lowest BCUT2D eigenvalue weighted by Gasteiger charge is -2.31. The predicted molar refractivity (Wildman–Crippen MR) is 161 cm³/mol. The molecule has 2 atom stereocenters. The summed E-state index contributed by atoms with van der Waals surface area (Å²) in [6.45, 7) is 6.51. The van der Waals surface area contributed by atoms with Crippen molar-refractivity contribution in [3.05, 3.63) is 42.0 Å². The lowest BCUT2D eigenvalue weighted by molar-refractivity contribution is -0.118. The number of amides is 1. The molecule has 3 aromatic rings. The molecule has 3 fully saturated rings. The van der Waals surface area contributed by atoms with E-state index in [1.807, 2.05) is 31.2 Å². The van der Waals surface area contributed by atoms with Crippen molar-refractivity contribution in [1.29, 1.82) is 0 Å². The zero-order valence-corrected chi connectivity index (χ0v) is 25.1. The third-order valence-electron chi connectivity index (χ3n) is 8.42. The molecule has 2 aromatic heterocycles. The van der Waals surface area contributed by atoms with Crippen LogP contribution in [0.25, 0.3) is 10.3 Å². The fourth-order valence-corrected chi connectivity index (χ4v) is 8.50. The van der Waals surface area contributed by atoms with Crippen LogP contribution in [0.15, 0.2) is 41.3 Å². The van der Waals surface area contributed by atoms with Crippen LogP contribution in [0.4, 0.5) is 10.9 Å². The van der Waals surface area contributed by atoms with Crippen LogP contribution in [0.2, 0.25) is 0 Å². The Bertz CT molecular complexity index is 1470. The van der Waals surface area contributed by atoms with E-state index in [0.717, 1.165) is 54.1 Å². The Hall–Kier alpha value is -2.64. The van der Waals surface area contributed by atoms with Gasteiger partial charge in [-0.05, 0) is 49.1 Å². The first kappa shape index (κ1) is 28.5. The maximum atomic E-state index is 13.7. The number of ether oxygens (including phenoxy) is 1. The van der Waals surface area contributed by atoms with E-state index in [2.05, 4.69) is 20.5 Å². The summed E-state index contributed by atoms with van der Waals surface area (Å²) in [4.78, 5) is 26.4. The molecule has 2 aliphatic heterocycles. The number of morpholine rings is 1. The summed E-state index contributed by atoms with van der Waals surface area (Å²) >= 11 is 1.38. The smallest absolute Gasteiger partial charge is 0.243 e. The number of aromatic nitrogens is 2. The highest BCUT2D eigenvalue weighted by Gasteiger charge is 2.31. The lowest BCUT2D eigenvalue weighted by atomic mass is 9.87. The first-order valence-electron chi connectivity index (χ1n) is 14.6. The van der Waals surface area contributed by atoms with Gasteiger partial charge in [0, 0.05) is 38.8 Å². The Morgan fingerprint density at radius 3 is 2.59 bits per heavy atom. The Morgan fingerprint density at radius 1 is 1.10 bits per heavy atom. The first-order valence-corrected chi connectivity index (χ1v) is 16.9. The monoisotopic (exact) mass is 598 g/mol. The Morgan fingerprint density at radius 2 is 1.85 bits per heavy atom. The standard InChI is InChI=1S/C29H38N6O4S2/c1-20-19-35(13-12-30-20)41(37,38)23-8-6-22(7-9-23)24(18-21-4-2-3-5-21)27(36)33-29-31-25-10-11-26(32-28(25)40-29)34-14-16-39-17-15-34/h6-11,20-21,24,30H,2-5,12-19H2,1H3,(H,31,33,36)/t20-,24+/m0/s1. The van der Waals surface area contributed by atoms with E-state index in [1.54, 1.807) is 12.1 Å². The molecule has 10 nitrogen and oxygen atoms in total. The first-order chi connectivity index (χ1) is 19.9. The molecule has 1 saturated carbocycles. The van der Waals surface area contributed by atoms with Crippen LogP contribution < -0.4 is 15.5 Å². The Labute approximate surface area is 245 Å². The average Bonchev–Trinajstić information content (AvgIpc) is 3.65. The second kappa shape index (κ2) is 12.3. The second-order valence-corrected chi connectivity index (χ2v) is 14.2. The van der Waals surface area contributed by atoms with Gasteiger partial charge in [-0.2, -0.15) is 4.31 Å². The molecule has 220 valence electrons. The molecule has 0 radical (unpaired) electrons. The minimum atomic E-state index is -3.59. The van der Waals surface area contributed by atoms with E-state index in [0.29, 0.717) is 43.9 Å². The number of nitrogens with one attached hydrogen (secondary N) is 2. The molecule has 4 heterocycles. The summed E-state index contributed by atoms with van der Waals surface area (Å²) in [6, 6.07) is 11.0. The number of nitrogens with zero attached hydrogens (tertiary/aromatic N) is 4. The van der Waals surface area contributed by atoms with Crippen molar-refractivity contribution in [3.8, 4) is 0 Å². The zero-order valence-electron chi connectivity index (χ0n) is 23.4. The molecule has 0 bridgehead atoms. The van der Waals surface area contributed by atoms with Gasteiger partial charge >= 0.3 is 0 Å². The number of hydrogen-bond donors (Lipinski definition) is 2. The molecule has 0 spiro atoms. The minimum Gasteiger partial charge on any atom is -0.378 e. The van der Waals surface area contributed by atoms with Gasteiger partial charge in [-0.25, -0.2) is 18.4 Å². The van der Waals surface area contributed by atoms with Gasteiger partial charge in [0.2, 0.25) is 15.9 Å². The van der Waals surface area contributed by atoms with E-state index < -0.39 is 15.9 Å². The lowest BCUT2D eigenvalue weighted by Crippen LogP contribution is -2.51. The van der Waals surface area contributed by atoms with Gasteiger partial charge in [0.25, 0.3) is 0 Å². The van der Waals surface area contributed by atoms with Gasteiger partial charge in [-0.15, -0.1) is 0 Å². The van der Waals surface area contributed by atoms with Gasteiger partial charge in [0.05, 0.1) is 24.0 Å². The number of fused-ring (bicyclic) bond motifs is 1. The number of carbonyl (C=O) groups excluding carboxylic acids is 1. The number of thiazole rings is 1. The molecular weight excluding hydrogens is 560 g/mol. The van der Waals surface area contributed by atoms with Crippen molar-refractivity contribution in [1.82, 2.24) is 19.6 Å². The molecule has 3 aliphatic rings. The minimum absolute atomic E-state index is 0.112. The van der Waals surface area contributed by atoms with Crippen LogP contribution in [-0.2, 0) is 19.6 Å². The Balaban J connectivity index is 1.21. The molecular formula is C29H38N6O4S2. The van der Waals surface area contributed by atoms with Gasteiger partial charge in [-0.1, -0.05) is 49.2 Å². The number of hydrogen-bond acceptors (Lipinski definition) is 9. The SMILES string of the molecule is C[C@H]1CN(S(=O)(=O)c2ccc([C@@H](CC3CCCC3)C(=O)Nc3nc4ccc(N5CCOCC5)nc4s3)cc2)CCN1. The maximum Gasteiger partial charge on any atom is 0.243 e. The van der Waals surface area contributed by atoms with Crippen LogP contribution in [0.5, 0.6) is 0 Å². The largest absolute Gasteiger partial charge is 0.378 e. The molecule has 2 N–H and O–H groups in total. The number of rotatable bonds is 8. The Kier molecular flexibility index (Phi) is 8.55. The molecule has 1 amide bonds. The number of sulfonamides is 1. The maximum absolute atomic E-state index is 13.7. The van der Waals surface area contributed by atoms with Crippen molar-refractivity contribution in [2.24, 2.45) is 5.92 Å². The summed E-state index contributed by atoms with van der Waals surface area (Å²) in [5.74, 6) is 0.866. The predicted octanol–water partition coefficient (Wildman–Crippen LogP) is 3.81. The van der Waals surface area contributed by atoms with Crippen molar-refractivity contribution >= 4 is 48.6 Å². The molecule has 1 aromatic carbocycles. The van der Waals surface area contributed by atoms with Crippen LogP contribution in [-0.4, -0.2) is 80.6 Å². The van der Waals surface area contributed by atoms with Gasteiger partial charge in [0.1, 0.15) is 16.2 Å². The summed E-state index contributed by atoms with van der Waals surface area (Å²) in [5, 5.41) is 6.88. The highest BCUT2D eigenvalue weighted by Crippen LogP contribution is 2.36. The van der Waals surface area contributed by atoms with Crippen molar-refractivity contribution in [2.75, 3.05) is 56.2 Å². The number of carbonyl (C=O) groups is 1. The van der Waals surface area contributed by atoms with E-state index in [9.17, 15) is 13.2 Å². The van der Waals surface area contributed by atoms with Gasteiger partial charge in [0.15, 0.2) is 5.13 Å². The summed E-state index contributed by atoms with van der Waals surface area (Å²) in [6.07, 6.45) is 5.35. The molecule has 2 saturated heterocycles. The topological polar surface area (TPSA) is 117 Å². The van der Waals surface area contributed by atoms with Crippen LogP contribution in [0, 0.1) is 5.92 Å². The van der Waals surface area contributed by atoms with Crippen molar-refractivity contribution in [3.63, 3.8) is 0 Å². The number of benzene rings is 1. The van der Waals surface area contributed by atoms with Gasteiger partial charge < -0.3 is 20.3 Å². The molecule has 41 heavy (non-hydrogen) atoms. The number of pyridine rings is 1. The third kappa shape index (κ3) is 6.41. The van der Waals surface area contributed by atoms with E-state index >= 15 is 0 Å². The second-order valence-electron chi connectivity index (χ2n) is 11.3. The zero-order chi connectivity index (χ0) is 28.4. The summed E-state index contributed by atoms with van der Waals surface area (Å²) in [5.41, 5.74) is 1.59. The summed E-state index contributed by atoms with van der Waals surface area (Å²) in [7, 11) is -3.59. The van der Waals surface area contributed by atoms with E-state index in [4.69, 9.17) is 9.72 Å². The number of piperazine rings is 1. The van der Waals surface area contributed by atoms with Gasteiger partial charge in [-0.3, -0.25) is 4.79 Å². The van der Waals surface area contributed by atoms with Crippen LogP contribution >= 0.6 is 11.3 Å². The summed E-state index contributed by atoms with van der Waals surface area (Å²) < 4.78 is 33.5. The van der Waals surface area contributed by atoms with Crippen LogP contribution in [0.3, 0.4) is 0 Å². The highest BCUT2D eigenvalue weighted by molar-refractivity contribution is 7.89. The van der Waals surface area contributed by atoms with Crippen LogP contribution in [0.1, 0.15) is 50.5 Å².